The summed E-state index contributed by atoms with van der Waals surface area (Å²) in [7, 11) is 0. The topological polar surface area (TPSA) is 35.2 Å². The molecule has 2 N–H and O–H groups in total. The Kier molecular flexibility index (Phi) is 4.58. The van der Waals surface area contributed by atoms with E-state index in [0.29, 0.717) is 11.1 Å². The highest BCUT2D eigenvalue weighted by Gasteiger charge is 2.10. The van der Waals surface area contributed by atoms with Crippen molar-refractivity contribution in [3.63, 3.8) is 0 Å². The summed E-state index contributed by atoms with van der Waals surface area (Å²) in [6.07, 6.45) is 0. The van der Waals surface area contributed by atoms with E-state index in [9.17, 15) is 4.39 Å². The fourth-order valence-corrected chi connectivity index (χ4v) is 2.26. The molecule has 0 atom stereocenters. The number of hydrogen-bond donors (Lipinski definition) is 1. The third kappa shape index (κ3) is 3.39. The van der Waals surface area contributed by atoms with Gasteiger partial charge in [-0.25, -0.2) is 4.39 Å². The van der Waals surface area contributed by atoms with Crippen LogP contribution < -0.4 is 10.5 Å². The molecule has 4 heteroatoms. The number of benzene rings is 2. The monoisotopic (exact) mass is 303 g/mol. The number of thiocarbonyl (C=S) groups is 1. The summed E-state index contributed by atoms with van der Waals surface area (Å²) in [4.78, 5) is 0.249. The second kappa shape index (κ2) is 6.22. The number of hydrogen-bond acceptors (Lipinski definition) is 2. The normalized spacial score (nSPS) is 10.5. The molecule has 0 saturated carbocycles. The van der Waals surface area contributed by atoms with Crippen LogP contribution in [0, 0.1) is 26.6 Å². The maximum Gasteiger partial charge on any atom is 0.129 e. The van der Waals surface area contributed by atoms with Gasteiger partial charge in [0.2, 0.25) is 0 Å². The van der Waals surface area contributed by atoms with Crippen molar-refractivity contribution in [3.8, 4) is 5.75 Å². The van der Waals surface area contributed by atoms with Crippen molar-refractivity contribution >= 4 is 17.2 Å². The highest BCUT2D eigenvalue weighted by atomic mass is 32.1. The Morgan fingerprint density at radius 3 is 2.48 bits per heavy atom. The second-order valence-electron chi connectivity index (χ2n) is 5.11. The molecule has 0 fully saturated rings. The molecule has 21 heavy (non-hydrogen) atoms. The number of ether oxygens (including phenoxy) is 1. The van der Waals surface area contributed by atoms with E-state index in [1.54, 1.807) is 12.1 Å². The van der Waals surface area contributed by atoms with Crippen LogP contribution in [0.4, 0.5) is 4.39 Å². The van der Waals surface area contributed by atoms with Crippen LogP contribution in [0.2, 0.25) is 0 Å². The minimum absolute atomic E-state index is 0.146. The van der Waals surface area contributed by atoms with E-state index in [2.05, 4.69) is 0 Å². The molecule has 0 saturated heterocycles. The van der Waals surface area contributed by atoms with Crippen molar-refractivity contribution in [3.05, 3.63) is 64.0 Å². The fourth-order valence-electron chi connectivity index (χ4n) is 2.14. The SMILES string of the molecule is Cc1ccc(C)c(OCc2cc(C(N)=S)ccc2F)c1C. The lowest BCUT2D eigenvalue weighted by Crippen LogP contribution is -2.11. The van der Waals surface area contributed by atoms with Gasteiger partial charge in [0.15, 0.2) is 0 Å². The van der Waals surface area contributed by atoms with Gasteiger partial charge in [0.25, 0.3) is 0 Å². The number of nitrogens with two attached hydrogens (primary N) is 1. The largest absolute Gasteiger partial charge is 0.488 e. The van der Waals surface area contributed by atoms with Crippen LogP contribution in [0.5, 0.6) is 5.75 Å². The Bertz CT molecular complexity index is 697. The van der Waals surface area contributed by atoms with Crippen LogP contribution in [0.15, 0.2) is 30.3 Å². The van der Waals surface area contributed by atoms with Gasteiger partial charge in [0.05, 0.1) is 0 Å². The minimum Gasteiger partial charge on any atom is -0.488 e. The van der Waals surface area contributed by atoms with Gasteiger partial charge in [-0.1, -0.05) is 24.4 Å². The summed E-state index contributed by atoms with van der Waals surface area (Å²) in [5.41, 5.74) is 9.91. The molecular weight excluding hydrogens is 285 g/mol. The summed E-state index contributed by atoms with van der Waals surface area (Å²) in [5, 5.41) is 0. The van der Waals surface area contributed by atoms with Gasteiger partial charge in [-0.3, -0.25) is 0 Å². The Morgan fingerprint density at radius 2 is 1.81 bits per heavy atom. The highest BCUT2D eigenvalue weighted by Crippen LogP contribution is 2.27. The lowest BCUT2D eigenvalue weighted by atomic mass is 10.1. The van der Waals surface area contributed by atoms with Crippen molar-refractivity contribution in [2.75, 3.05) is 0 Å². The molecule has 2 nitrogen and oxygen atoms in total. The lowest BCUT2D eigenvalue weighted by molar-refractivity contribution is 0.295. The molecule has 0 bridgehead atoms. The van der Waals surface area contributed by atoms with Gasteiger partial charge in [-0.2, -0.15) is 0 Å². The Morgan fingerprint density at radius 1 is 1.14 bits per heavy atom. The van der Waals surface area contributed by atoms with Crippen molar-refractivity contribution in [2.24, 2.45) is 5.73 Å². The third-order valence-corrected chi connectivity index (χ3v) is 3.81. The molecule has 110 valence electrons. The van der Waals surface area contributed by atoms with E-state index in [1.807, 2.05) is 32.9 Å². The first kappa shape index (κ1) is 15.4. The zero-order valence-electron chi connectivity index (χ0n) is 12.4. The molecule has 2 aromatic carbocycles. The maximum atomic E-state index is 13.9. The number of rotatable bonds is 4. The third-order valence-electron chi connectivity index (χ3n) is 3.58. The Labute approximate surface area is 129 Å². The number of aryl methyl sites for hydroxylation is 2. The van der Waals surface area contributed by atoms with Gasteiger partial charge >= 0.3 is 0 Å². The molecule has 0 aliphatic heterocycles. The lowest BCUT2D eigenvalue weighted by Gasteiger charge is -2.14. The van der Waals surface area contributed by atoms with E-state index in [-0.39, 0.29) is 17.4 Å². The summed E-state index contributed by atoms with van der Waals surface area (Å²) < 4.78 is 19.7. The summed E-state index contributed by atoms with van der Waals surface area (Å²) in [6, 6.07) is 8.62. The fraction of sp³-hybridized carbons (Fsp3) is 0.235. The molecular formula is C17H18FNOS. The standard InChI is InChI=1S/C17H18FNOS/c1-10-4-5-11(2)16(12(10)3)20-9-14-8-13(17(19)21)6-7-15(14)18/h4-8H,9H2,1-3H3,(H2,19,21). The average Bonchev–Trinajstić information content (AvgIpc) is 2.44. The molecule has 0 aliphatic carbocycles. The van der Waals surface area contributed by atoms with Gasteiger partial charge in [0.1, 0.15) is 23.2 Å². The van der Waals surface area contributed by atoms with Crippen molar-refractivity contribution in [2.45, 2.75) is 27.4 Å². The molecule has 0 radical (unpaired) electrons. The van der Waals surface area contributed by atoms with E-state index in [4.69, 9.17) is 22.7 Å². The van der Waals surface area contributed by atoms with E-state index >= 15 is 0 Å². The van der Waals surface area contributed by atoms with Crippen LogP contribution in [0.1, 0.15) is 27.8 Å². The predicted molar refractivity (Wildman–Crippen MR) is 87.3 cm³/mol. The van der Waals surface area contributed by atoms with Gasteiger partial charge in [-0.05, 0) is 55.7 Å². The summed E-state index contributed by atoms with van der Waals surface area (Å²) >= 11 is 4.92. The van der Waals surface area contributed by atoms with Gasteiger partial charge < -0.3 is 10.5 Å². The van der Waals surface area contributed by atoms with E-state index in [0.717, 1.165) is 22.4 Å². The second-order valence-corrected chi connectivity index (χ2v) is 5.55. The van der Waals surface area contributed by atoms with Crippen molar-refractivity contribution < 1.29 is 9.13 Å². The van der Waals surface area contributed by atoms with Crippen LogP contribution in [0.3, 0.4) is 0 Å². The quantitative estimate of drug-likeness (QED) is 0.868. The molecule has 0 spiro atoms. The summed E-state index contributed by atoms with van der Waals surface area (Å²) in [6.45, 7) is 6.14. The first-order valence-electron chi connectivity index (χ1n) is 6.68. The molecule has 0 unspecified atom stereocenters. The minimum atomic E-state index is -0.321. The molecule has 2 aromatic rings. The first-order chi connectivity index (χ1) is 9.90. The predicted octanol–water partition coefficient (Wildman–Crippen LogP) is 3.96. The van der Waals surface area contributed by atoms with Crippen molar-refractivity contribution in [1.29, 1.82) is 0 Å². The molecule has 0 amide bonds. The molecule has 2 rings (SSSR count). The molecule has 0 aromatic heterocycles. The van der Waals surface area contributed by atoms with Crippen LogP contribution in [-0.4, -0.2) is 4.99 Å². The number of halogens is 1. The Hall–Kier alpha value is -1.94. The van der Waals surface area contributed by atoms with Gasteiger partial charge in [0, 0.05) is 11.1 Å². The first-order valence-corrected chi connectivity index (χ1v) is 7.09. The zero-order chi connectivity index (χ0) is 15.6. The van der Waals surface area contributed by atoms with Crippen LogP contribution >= 0.6 is 12.2 Å². The van der Waals surface area contributed by atoms with Crippen molar-refractivity contribution in [1.82, 2.24) is 0 Å². The van der Waals surface area contributed by atoms with E-state index in [1.165, 1.54) is 6.07 Å². The van der Waals surface area contributed by atoms with Crippen LogP contribution in [0.25, 0.3) is 0 Å². The van der Waals surface area contributed by atoms with Gasteiger partial charge in [-0.15, -0.1) is 0 Å². The maximum absolute atomic E-state index is 13.9. The smallest absolute Gasteiger partial charge is 0.129 e. The van der Waals surface area contributed by atoms with Crippen LogP contribution in [-0.2, 0) is 6.61 Å². The molecule has 0 heterocycles. The summed E-state index contributed by atoms with van der Waals surface area (Å²) in [5.74, 6) is 0.480. The van der Waals surface area contributed by atoms with E-state index < -0.39 is 0 Å². The average molecular weight is 303 g/mol. The molecule has 0 aliphatic rings. The Balaban J connectivity index is 2.26. The zero-order valence-corrected chi connectivity index (χ0v) is 13.2. The highest BCUT2D eigenvalue weighted by molar-refractivity contribution is 7.80.